The molecule has 1 aromatic rings. The summed E-state index contributed by atoms with van der Waals surface area (Å²) in [5.74, 6) is 0.447. The van der Waals surface area contributed by atoms with Crippen molar-refractivity contribution in [2.75, 3.05) is 31.5 Å². The molecule has 0 aliphatic heterocycles. The van der Waals surface area contributed by atoms with E-state index in [-0.39, 0.29) is 17.7 Å². The van der Waals surface area contributed by atoms with Gasteiger partial charge in [-0.3, -0.25) is 9.59 Å². The maximum atomic E-state index is 12.2. The number of anilines is 1. The molecule has 5 nitrogen and oxygen atoms in total. The highest BCUT2D eigenvalue weighted by Gasteiger charge is 2.14. The molecule has 0 bridgehead atoms. The van der Waals surface area contributed by atoms with Crippen LogP contribution in [-0.4, -0.2) is 42.9 Å². The van der Waals surface area contributed by atoms with E-state index in [9.17, 15) is 9.59 Å². The Hall–Kier alpha value is -1.88. The van der Waals surface area contributed by atoms with E-state index in [1.165, 1.54) is 5.56 Å². The normalized spacial score (nSPS) is 12.3. The highest BCUT2D eigenvalue weighted by molar-refractivity contribution is 5.91. The van der Waals surface area contributed by atoms with E-state index in [0.29, 0.717) is 25.3 Å². The van der Waals surface area contributed by atoms with E-state index in [4.69, 9.17) is 0 Å². The maximum Gasteiger partial charge on any atom is 0.224 e. The van der Waals surface area contributed by atoms with Crippen LogP contribution >= 0.6 is 0 Å². The summed E-state index contributed by atoms with van der Waals surface area (Å²) in [5.41, 5.74) is 2.05. The minimum Gasteiger partial charge on any atom is -0.355 e. The minimum atomic E-state index is -0.0502. The third-order valence-electron chi connectivity index (χ3n) is 4.57. The monoisotopic (exact) mass is 361 g/mol. The van der Waals surface area contributed by atoms with Gasteiger partial charge in [0.2, 0.25) is 11.8 Å². The van der Waals surface area contributed by atoms with Crippen LogP contribution in [0.3, 0.4) is 0 Å². The molecule has 1 atom stereocenters. The SMILES string of the molecule is CCN(CC)CCNC(=O)C[C@H](C)CC(=O)Nc1ccc(C(C)C)cc1. The van der Waals surface area contributed by atoms with E-state index >= 15 is 0 Å². The van der Waals surface area contributed by atoms with Crippen LogP contribution < -0.4 is 10.6 Å². The van der Waals surface area contributed by atoms with Gasteiger partial charge in [0.1, 0.15) is 0 Å². The maximum absolute atomic E-state index is 12.2. The second kappa shape index (κ2) is 11.7. The van der Waals surface area contributed by atoms with E-state index in [0.717, 1.165) is 25.3 Å². The summed E-state index contributed by atoms with van der Waals surface area (Å²) < 4.78 is 0. The largest absolute Gasteiger partial charge is 0.355 e. The molecule has 146 valence electrons. The molecule has 0 spiro atoms. The van der Waals surface area contributed by atoms with Crippen molar-refractivity contribution in [2.24, 2.45) is 5.92 Å². The number of likely N-dealkylation sites (N-methyl/N-ethyl adjacent to an activating group) is 1. The lowest BCUT2D eigenvalue weighted by molar-refractivity contribution is -0.122. The number of amides is 2. The summed E-state index contributed by atoms with van der Waals surface area (Å²) in [6.07, 6.45) is 0.716. The first kappa shape index (κ1) is 22.2. The topological polar surface area (TPSA) is 61.4 Å². The van der Waals surface area contributed by atoms with Gasteiger partial charge in [0.05, 0.1) is 0 Å². The van der Waals surface area contributed by atoms with Crippen molar-refractivity contribution in [2.45, 2.75) is 53.4 Å². The van der Waals surface area contributed by atoms with Gasteiger partial charge >= 0.3 is 0 Å². The summed E-state index contributed by atoms with van der Waals surface area (Å²) in [6, 6.07) is 7.93. The molecule has 5 heteroatoms. The lowest BCUT2D eigenvalue weighted by Crippen LogP contribution is -2.35. The second-order valence-electron chi connectivity index (χ2n) is 7.22. The van der Waals surface area contributed by atoms with Gasteiger partial charge in [0.15, 0.2) is 0 Å². The average molecular weight is 362 g/mol. The molecule has 0 saturated carbocycles. The summed E-state index contributed by atoms with van der Waals surface area (Å²) >= 11 is 0. The Morgan fingerprint density at radius 3 is 2.08 bits per heavy atom. The number of benzene rings is 1. The molecule has 0 aromatic heterocycles. The zero-order chi connectivity index (χ0) is 19.5. The fraction of sp³-hybridized carbons (Fsp3) is 0.619. The van der Waals surface area contributed by atoms with Crippen molar-refractivity contribution >= 4 is 17.5 Å². The Morgan fingerprint density at radius 1 is 0.962 bits per heavy atom. The fourth-order valence-electron chi connectivity index (χ4n) is 2.83. The first-order valence-electron chi connectivity index (χ1n) is 9.74. The smallest absolute Gasteiger partial charge is 0.224 e. The molecule has 2 amide bonds. The molecular weight excluding hydrogens is 326 g/mol. The first-order valence-corrected chi connectivity index (χ1v) is 9.74. The molecular formula is C21H35N3O2. The Labute approximate surface area is 158 Å². The third-order valence-corrected chi connectivity index (χ3v) is 4.57. The Bertz CT molecular complexity index is 551. The minimum absolute atomic E-state index is 0.0124. The number of rotatable bonds is 11. The lowest BCUT2D eigenvalue weighted by atomic mass is 10.0. The van der Waals surface area contributed by atoms with E-state index in [1.54, 1.807) is 0 Å². The number of hydrogen-bond donors (Lipinski definition) is 2. The van der Waals surface area contributed by atoms with Gasteiger partial charge in [0, 0.05) is 31.6 Å². The predicted molar refractivity (Wildman–Crippen MR) is 108 cm³/mol. The summed E-state index contributed by atoms with van der Waals surface area (Å²) in [7, 11) is 0. The molecule has 0 fully saturated rings. The third kappa shape index (κ3) is 8.48. The molecule has 26 heavy (non-hydrogen) atoms. The molecule has 1 aromatic carbocycles. The van der Waals surface area contributed by atoms with Crippen LogP contribution in [0, 0.1) is 5.92 Å². The number of hydrogen-bond acceptors (Lipinski definition) is 3. The number of carbonyl (C=O) groups excluding carboxylic acids is 2. The van der Waals surface area contributed by atoms with Crippen molar-refractivity contribution in [3.63, 3.8) is 0 Å². The van der Waals surface area contributed by atoms with Gasteiger partial charge in [-0.15, -0.1) is 0 Å². The van der Waals surface area contributed by atoms with Crippen LogP contribution in [0.25, 0.3) is 0 Å². The van der Waals surface area contributed by atoms with Gasteiger partial charge in [-0.1, -0.05) is 46.8 Å². The van der Waals surface area contributed by atoms with Crippen LogP contribution in [0.15, 0.2) is 24.3 Å². The van der Waals surface area contributed by atoms with Crippen molar-refractivity contribution in [1.82, 2.24) is 10.2 Å². The summed E-state index contributed by atoms with van der Waals surface area (Å²) in [5, 5.41) is 5.85. The van der Waals surface area contributed by atoms with Crippen LogP contribution in [0.1, 0.15) is 58.9 Å². The van der Waals surface area contributed by atoms with Crippen LogP contribution in [-0.2, 0) is 9.59 Å². The highest BCUT2D eigenvalue weighted by atomic mass is 16.2. The molecule has 0 unspecified atom stereocenters. The van der Waals surface area contributed by atoms with E-state index in [2.05, 4.69) is 43.2 Å². The highest BCUT2D eigenvalue weighted by Crippen LogP contribution is 2.18. The molecule has 0 saturated heterocycles. The van der Waals surface area contributed by atoms with Crippen LogP contribution in [0.5, 0.6) is 0 Å². The number of nitrogens with one attached hydrogen (secondary N) is 2. The van der Waals surface area contributed by atoms with Gasteiger partial charge < -0.3 is 15.5 Å². The van der Waals surface area contributed by atoms with E-state index < -0.39 is 0 Å². The first-order chi connectivity index (χ1) is 12.3. The van der Waals surface area contributed by atoms with Gasteiger partial charge in [-0.25, -0.2) is 0 Å². The number of carbonyl (C=O) groups is 2. The zero-order valence-electron chi connectivity index (χ0n) is 17.0. The van der Waals surface area contributed by atoms with Crippen LogP contribution in [0.2, 0.25) is 0 Å². The lowest BCUT2D eigenvalue weighted by Gasteiger charge is -2.18. The molecule has 0 heterocycles. The average Bonchev–Trinajstić information content (AvgIpc) is 2.58. The van der Waals surface area contributed by atoms with E-state index in [1.807, 2.05) is 31.2 Å². The Kier molecular flexibility index (Phi) is 9.96. The van der Waals surface area contributed by atoms with Gasteiger partial charge in [-0.2, -0.15) is 0 Å². The molecule has 0 radical (unpaired) electrons. The Balaban J connectivity index is 2.31. The quantitative estimate of drug-likeness (QED) is 0.633. The van der Waals surface area contributed by atoms with Crippen molar-refractivity contribution in [3.05, 3.63) is 29.8 Å². The zero-order valence-corrected chi connectivity index (χ0v) is 17.0. The number of nitrogens with zero attached hydrogens (tertiary/aromatic N) is 1. The molecule has 0 aliphatic carbocycles. The second-order valence-corrected chi connectivity index (χ2v) is 7.22. The fourth-order valence-corrected chi connectivity index (χ4v) is 2.83. The molecule has 2 N–H and O–H groups in total. The van der Waals surface area contributed by atoms with Crippen LogP contribution in [0.4, 0.5) is 5.69 Å². The standard InChI is InChI=1S/C21H35N3O2/c1-6-24(7-2)13-12-22-20(25)14-17(5)15-21(26)23-19-10-8-18(9-11-19)16(3)4/h8-11,16-17H,6-7,12-15H2,1-5H3,(H,22,25)(H,23,26)/t17-/m0/s1. The van der Waals surface area contributed by atoms with Crippen molar-refractivity contribution in [3.8, 4) is 0 Å². The van der Waals surface area contributed by atoms with Crippen molar-refractivity contribution < 1.29 is 9.59 Å². The predicted octanol–water partition coefficient (Wildman–Crippen LogP) is 3.62. The Morgan fingerprint density at radius 2 is 1.54 bits per heavy atom. The summed E-state index contributed by atoms with van der Waals surface area (Å²) in [6.45, 7) is 13.9. The summed E-state index contributed by atoms with van der Waals surface area (Å²) in [4.78, 5) is 26.4. The van der Waals surface area contributed by atoms with Gasteiger partial charge in [-0.05, 0) is 42.6 Å². The molecule has 1 rings (SSSR count). The molecule has 0 aliphatic rings. The van der Waals surface area contributed by atoms with Crippen molar-refractivity contribution in [1.29, 1.82) is 0 Å². The van der Waals surface area contributed by atoms with Gasteiger partial charge in [0.25, 0.3) is 0 Å².